The molecular weight excluding hydrogens is 216 g/mol. The van der Waals surface area contributed by atoms with E-state index in [2.05, 4.69) is 11.3 Å². The maximum atomic E-state index is 9.89. The Morgan fingerprint density at radius 1 is 1.24 bits per heavy atom. The van der Waals surface area contributed by atoms with Crippen molar-refractivity contribution in [1.82, 2.24) is 9.78 Å². The highest BCUT2D eigenvalue weighted by Crippen LogP contribution is 2.35. The third-order valence-electron chi connectivity index (χ3n) is 3.98. The van der Waals surface area contributed by atoms with Crippen molar-refractivity contribution in [3.63, 3.8) is 0 Å². The van der Waals surface area contributed by atoms with E-state index in [1.165, 1.54) is 12.0 Å². The number of ether oxygens (including phenoxy) is 1. The number of aliphatic hydroxyl groups is 1. The zero-order valence-corrected chi connectivity index (χ0v) is 10.1. The van der Waals surface area contributed by atoms with Crippen molar-refractivity contribution >= 4 is 0 Å². The minimum Gasteiger partial charge on any atom is -0.392 e. The maximum absolute atomic E-state index is 9.89. The molecule has 2 heterocycles. The predicted octanol–water partition coefficient (Wildman–Crippen LogP) is 2.21. The Balaban J connectivity index is 1.73. The van der Waals surface area contributed by atoms with Gasteiger partial charge in [-0.15, -0.1) is 0 Å². The summed E-state index contributed by atoms with van der Waals surface area (Å²) in [6.07, 6.45) is 10.4. The summed E-state index contributed by atoms with van der Waals surface area (Å²) in [5, 5.41) is 14.3. The zero-order valence-electron chi connectivity index (χ0n) is 10.1. The maximum Gasteiger partial charge on any atom is 0.150 e. The Hall–Kier alpha value is -0.870. The van der Waals surface area contributed by atoms with Crippen LogP contribution in [0.1, 0.15) is 56.2 Å². The van der Waals surface area contributed by atoms with Gasteiger partial charge in [-0.05, 0) is 37.7 Å². The summed E-state index contributed by atoms with van der Waals surface area (Å²) < 4.78 is 7.63. The van der Waals surface area contributed by atoms with Gasteiger partial charge in [0.05, 0.1) is 12.3 Å². The van der Waals surface area contributed by atoms with Crippen LogP contribution in [-0.4, -0.2) is 27.6 Å². The molecule has 1 N–H and O–H groups in total. The van der Waals surface area contributed by atoms with Crippen molar-refractivity contribution in [2.24, 2.45) is 0 Å². The summed E-state index contributed by atoms with van der Waals surface area (Å²) in [6, 6.07) is 0. The molecule has 2 fully saturated rings. The second-order valence-corrected chi connectivity index (χ2v) is 5.18. The second-order valence-electron chi connectivity index (χ2n) is 5.18. The van der Waals surface area contributed by atoms with Gasteiger partial charge in [0.1, 0.15) is 6.23 Å². The van der Waals surface area contributed by atoms with Gasteiger partial charge in [0.2, 0.25) is 0 Å². The molecule has 1 saturated carbocycles. The summed E-state index contributed by atoms with van der Waals surface area (Å²) >= 11 is 0. The van der Waals surface area contributed by atoms with Crippen LogP contribution in [0.25, 0.3) is 0 Å². The molecule has 0 spiro atoms. The minimum atomic E-state index is -0.181. The average Bonchev–Trinajstić information content (AvgIpc) is 2.98. The molecule has 4 nitrogen and oxygen atoms in total. The van der Waals surface area contributed by atoms with Gasteiger partial charge in [-0.1, -0.05) is 6.42 Å². The molecule has 3 rings (SSSR count). The Morgan fingerprint density at radius 2 is 2.18 bits per heavy atom. The van der Waals surface area contributed by atoms with Crippen LogP contribution in [0.15, 0.2) is 12.4 Å². The quantitative estimate of drug-likeness (QED) is 0.856. The Morgan fingerprint density at radius 3 is 2.88 bits per heavy atom. The SMILES string of the molecule is O[C@H]1CCC[C@@H]1c1cnn(C2CCCCO2)c1. The van der Waals surface area contributed by atoms with Crippen molar-refractivity contribution in [2.75, 3.05) is 6.61 Å². The van der Waals surface area contributed by atoms with Crippen LogP contribution < -0.4 is 0 Å². The standard InChI is InChI=1S/C13H20N2O2/c16-12-5-3-4-11(12)10-8-14-15(9-10)13-6-1-2-7-17-13/h8-9,11-13,16H,1-7H2/t11-,12+,13?/m1/s1. The molecule has 17 heavy (non-hydrogen) atoms. The highest BCUT2D eigenvalue weighted by molar-refractivity contribution is 5.15. The molecule has 0 bridgehead atoms. The molecule has 0 aromatic carbocycles. The third-order valence-corrected chi connectivity index (χ3v) is 3.98. The van der Waals surface area contributed by atoms with E-state index in [4.69, 9.17) is 4.74 Å². The van der Waals surface area contributed by atoms with Gasteiger partial charge in [0, 0.05) is 18.7 Å². The van der Waals surface area contributed by atoms with Crippen LogP contribution in [0.4, 0.5) is 0 Å². The van der Waals surface area contributed by atoms with E-state index in [1.807, 2.05) is 10.9 Å². The number of hydrogen-bond donors (Lipinski definition) is 1. The first-order valence-corrected chi connectivity index (χ1v) is 6.68. The van der Waals surface area contributed by atoms with E-state index in [9.17, 15) is 5.11 Å². The van der Waals surface area contributed by atoms with E-state index >= 15 is 0 Å². The first-order valence-electron chi connectivity index (χ1n) is 6.68. The van der Waals surface area contributed by atoms with Crippen LogP contribution >= 0.6 is 0 Å². The monoisotopic (exact) mass is 236 g/mol. The number of nitrogens with zero attached hydrogens (tertiary/aromatic N) is 2. The van der Waals surface area contributed by atoms with Gasteiger partial charge in [0.15, 0.2) is 0 Å². The molecule has 1 aliphatic carbocycles. The number of rotatable bonds is 2. The first-order chi connectivity index (χ1) is 8.34. The van der Waals surface area contributed by atoms with E-state index in [0.29, 0.717) is 0 Å². The van der Waals surface area contributed by atoms with Gasteiger partial charge in [-0.2, -0.15) is 5.10 Å². The molecule has 3 atom stereocenters. The number of aromatic nitrogens is 2. The van der Waals surface area contributed by atoms with Crippen LogP contribution in [0.3, 0.4) is 0 Å². The molecule has 94 valence electrons. The molecule has 1 aliphatic heterocycles. The normalized spacial score (nSPS) is 34.1. The summed E-state index contributed by atoms with van der Waals surface area (Å²) in [6.45, 7) is 0.839. The zero-order chi connectivity index (χ0) is 11.7. The first kappa shape index (κ1) is 11.2. The highest BCUT2D eigenvalue weighted by Gasteiger charge is 2.28. The van der Waals surface area contributed by atoms with E-state index in [0.717, 1.165) is 38.7 Å². The number of aliphatic hydroxyl groups excluding tert-OH is 1. The summed E-state index contributed by atoms with van der Waals surface area (Å²) in [5.41, 5.74) is 1.17. The summed E-state index contributed by atoms with van der Waals surface area (Å²) in [4.78, 5) is 0. The molecule has 0 amide bonds. The largest absolute Gasteiger partial charge is 0.392 e. The van der Waals surface area contributed by atoms with Gasteiger partial charge >= 0.3 is 0 Å². The van der Waals surface area contributed by atoms with Crippen LogP contribution in [0, 0.1) is 0 Å². The Bertz CT molecular complexity index is 371. The van der Waals surface area contributed by atoms with E-state index in [1.54, 1.807) is 0 Å². The lowest BCUT2D eigenvalue weighted by Crippen LogP contribution is -2.18. The van der Waals surface area contributed by atoms with Crippen molar-refractivity contribution < 1.29 is 9.84 Å². The molecule has 2 aliphatic rings. The molecule has 1 aromatic rings. The fourth-order valence-electron chi connectivity index (χ4n) is 2.96. The highest BCUT2D eigenvalue weighted by atomic mass is 16.5. The Kier molecular flexibility index (Phi) is 3.16. The molecular formula is C13H20N2O2. The van der Waals surface area contributed by atoms with Crippen molar-refractivity contribution in [2.45, 2.75) is 56.8 Å². The van der Waals surface area contributed by atoms with Gasteiger partial charge in [-0.3, -0.25) is 0 Å². The third kappa shape index (κ3) is 2.24. The van der Waals surface area contributed by atoms with Crippen LogP contribution in [-0.2, 0) is 4.74 Å². The molecule has 0 radical (unpaired) electrons. The summed E-state index contributed by atoms with van der Waals surface area (Å²) in [7, 11) is 0. The van der Waals surface area contributed by atoms with E-state index < -0.39 is 0 Å². The van der Waals surface area contributed by atoms with Crippen LogP contribution in [0.2, 0.25) is 0 Å². The van der Waals surface area contributed by atoms with Crippen molar-refractivity contribution in [3.05, 3.63) is 18.0 Å². The van der Waals surface area contributed by atoms with E-state index in [-0.39, 0.29) is 18.2 Å². The summed E-state index contributed by atoms with van der Waals surface area (Å²) in [5.74, 6) is 0.285. The second kappa shape index (κ2) is 4.78. The number of hydrogen-bond acceptors (Lipinski definition) is 3. The van der Waals surface area contributed by atoms with Gasteiger partial charge in [0.25, 0.3) is 0 Å². The van der Waals surface area contributed by atoms with Crippen molar-refractivity contribution in [1.29, 1.82) is 0 Å². The molecule has 1 aromatic heterocycles. The lowest BCUT2D eigenvalue weighted by Gasteiger charge is -2.22. The smallest absolute Gasteiger partial charge is 0.150 e. The lowest BCUT2D eigenvalue weighted by atomic mass is 9.99. The minimum absolute atomic E-state index is 0.107. The average molecular weight is 236 g/mol. The molecule has 1 unspecified atom stereocenters. The Labute approximate surface area is 102 Å². The molecule has 1 saturated heterocycles. The van der Waals surface area contributed by atoms with Gasteiger partial charge in [-0.25, -0.2) is 4.68 Å². The topological polar surface area (TPSA) is 47.3 Å². The fourth-order valence-corrected chi connectivity index (χ4v) is 2.96. The predicted molar refractivity (Wildman–Crippen MR) is 63.7 cm³/mol. The van der Waals surface area contributed by atoms with Crippen molar-refractivity contribution in [3.8, 4) is 0 Å². The molecule has 4 heteroatoms. The van der Waals surface area contributed by atoms with Gasteiger partial charge < -0.3 is 9.84 Å². The lowest BCUT2D eigenvalue weighted by molar-refractivity contribution is -0.0395. The fraction of sp³-hybridized carbons (Fsp3) is 0.769. The van der Waals surface area contributed by atoms with Crippen LogP contribution in [0.5, 0.6) is 0 Å².